The van der Waals surface area contributed by atoms with E-state index in [-0.39, 0.29) is 11.8 Å². The number of hydrogen-bond donors (Lipinski definition) is 0. The van der Waals surface area contributed by atoms with Gasteiger partial charge in [0.15, 0.2) is 5.75 Å². The van der Waals surface area contributed by atoms with Gasteiger partial charge < -0.3 is 4.84 Å². The molecule has 1 atom stereocenters. The van der Waals surface area contributed by atoms with E-state index in [0.29, 0.717) is 0 Å². The highest BCUT2D eigenvalue weighted by Gasteiger charge is 2.29. The molecule has 1 aromatic carbocycles. The van der Waals surface area contributed by atoms with Crippen LogP contribution in [-0.2, 0) is 4.79 Å². The molecule has 0 radical (unpaired) electrons. The summed E-state index contributed by atoms with van der Waals surface area (Å²) in [6.45, 7) is 1.88. The van der Waals surface area contributed by atoms with Gasteiger partial charge in [-0.25, -0.2) is 0 Å². The molecule has 2 rings (SSSR count). The van der Waals surface area contributed by atoms with E-state index in [1.54, 1.807) is 7.05 Å². The number of fused-ring (bicyclic) bond motifs is 1. The molecule has 14 heavy (non-hydrogen) atoms. The second kappa shape index (κ2) is 3.28. The molecule has 0 saturated heterocycles. The number of carbonyl (C=O) groups excluding carboxylic acids is 1. The van der Waals surface area contributed by atoms with E-state index in [1.807, 2.05) is 25.1 Å². The maximum Gasteiger partial charge on any atom is 0.262 e. The van der Waals surface area contributed by atoms with Crippen molar-refractivity contribution in [3.8, 4) is 5.75 Å². The second-order valence-electron chi connectivity index (χ2n) is 3.33. The average Bonchev–Trinajstić information content (AvgIpc) is 2.16. The van der Waals surface area contributed by atoms with Gasteiger partial charge in [-0.2, -0.15) is 5.06 Å². The van der Waals surface area contributed by atoms with E-state index < -0.39 is 0 Å². The lowest BCUT2D eigenvalue weighted by Gasteiger charge is -2.29. The number of hydrogen-bond acceptors (Lipinski definition) is 2. The first-order chi connectivity index (χ1) is 6.59. The minimum absolute atomic E-state index is 0.0180. The smallest absolute Gasteiger partial charge is 0.262 e. The molecular formula is C10H10BrNO2. The third-order valence-electron chi connectivity index (χ3n) is 2.35. The molecular weight excluding hydrogens is 246 g/mol. The summed E-state index contributed by atoms with van der Waals surface area (Å²) < 4.78 is 0.962. The monoisotopic (exact) mass is 255 g/mol. The standard InChI is InChI=1S/C10H10BrNO2/c1-6-8-5-7(11)3-4-9(8)14-12(2)10(6)13/h3-6H,1-2H3. The normalized spacial score (nSPS) is 20.4. The molecule has 0 aliphatic carbocycles. The zero-order chi connectivity index (χ0) is 10.3. The lowest BCUT2D eigenvalue weighted by atomic mass is 9.98. The molecule has 0 N–H and O–H groups in total. The van der Waals surface area contributed by atoms with Crippen LogP contribution in [0.3, 0.4) is 0 Å². The Morgan fingerprint density at radius 3 is 2.93 bits per heavy atom. The Hall–Kier alpha value is -1.03. The fourth-order valence-electron chi connectivity index (χ4n) is 1.54. The third-order valence-corrected chi connectivity index (χ3v) is 2.85. The average molecular weight is 256 g/mol. The number of likely N-dealkylation sites (N-methyl/N-ethyl adjacent to an activating group) is 1. The van der Waals surface area contributed by atoms with Gasteiger partial charge in [-0.3, -0.25) is 4.79 Å². The predicted octanol–water partition coefficient (Wildman–Crippen LogP) is 2.32. The highest BCUT2D eigenvalue weighted by atomic mass is 79.9. The summed E-state index contributed by atoms with van der Waals surface area (Å²) >= 11 is 3.37. The fourth-order valence-corrected chi connectivity index (χ4v) is 1.92. The van der Waals surface area contributed by atoms with Crippen LogP contribution in [0, 0.1) is 0 Å². The summed E-state index contributed by atoms with van der Waals surface area (Å²) in [5.74, 6) is 0.597. The molecule has 1 unspecified atom stereocenters. The van der Waals surface area contributed by atoms with Crippen LogP contribution in [-0.4, -0.2) is 18.0 Å². The number of hydroxylamine groups is 2. The first-order valence-corrected chi connectivity index (χ1v) is 5.14. The van der Waals surface area contributed by atoms with Crippen molar-refractivity contribution in [3.05, 3.63) is 28.2 Å². The van der Waals surface area contributed by atoms with Gasteiger partial charge in [0.1, 0.15) is 0 Å². The summed E-state index contributed by atoms with van der Waals surface area (Å²) in [5.41, 5.74) is 0.933. The molecule has 1 heterocycles. The maximum atomic E-state index is 11.6. The minimum Gasteiger partial charge on any atom is -0.377 e. The van der Waals surface area contributed by atoms with E-state index in [2.05, 4.69) is 15.9 Å². The first-order valence-electron chi connectivity index (χ1n) is 4.34. The molecule has 74 valence electrons. The largest absolute Gasteiger partial charge is 0.377 e. The van der Waals surface area contributed by atoms with E-state index in [9.17, 15) is 4.79 Å². The van der Waals surface area contributed by atoms with Crippen LogP contribution in [0.25, 0.3) is 0 Å². The van der Waals surface area contributed by atoms with Crippen molar-refractivity contribution in [1.82, 2.24) is 5.06 Å². The number of carbonyl (C=O) groups is 1. The zero-order valence-electron chi connectivity index (χ0n) is 7.95. The number of halogens is 1. The molecule has 0 bridgehead atoms. The second-order valence-corrected chi connectivity index (χ2v) is 4.25. The van der Waals surface area contributed by atoms with Gasteiger partial charge in [0.25, 0.3) is 5.91 Å². The highest BCUT2D eigenvalue weighted by Crippen LogP contribution is 2.34. The van der Waals surface area contributed by atoms with Crippen molar-refractivity contribution < 1.29 is 9.63 Å². The zero-order valence-corrected chi connectivity index (χ0v) is 9.54. The van der Waals surface area contributed by atoms with Crippen molar-refractivity contribution in [2.24, 2.45) is 0 Å². The van der Waals surface area contributed by atoms with Crippen LogP contribution in [0.1, 0.15) is 18.4 Å². The number of rotatable bonds is 0. The number of benzene rings is 1. The summed E-state index contributed by atoms with van der Waals surface area (Å²) in [5, 5.41) is 1.28. The van der Waals surface area contributed by atoms with Crippen LogP contribution in [0.2, 0.25) is 0 Å². The van der Waals surface area contributed by atoms with E-state index in [0.717, 1.165) is 15.8 Å². The lowest BCUT2D eigenvalue weighted by molar-refractivity contribution is -0.157. The Morgan fingerprint density at radius 1 is 1.50 bits per heavy atom. The van der Waals surface area contributed by atoms with Crippen molar-refractivity contribution in [3.63, 3.8) is 0 Å². The number of nitrogens with zero attached hydrogens (tertiary/aromatic N) is 1. The Balaban J connectivity index is 2.51. The van der Waals surface area contributed by atoms with Crippen molar-refractivity contribution in [1.29, 1.82) is 0 Å². The topological polar surface area (TPSA) is 29.5 Å². The fraction of sp³-hybridized carbons (Fsp3) is 0.300. The van der Waals surface area contributed by atoms with Gasteiger partial charge >= 0.3 is 0 Å². The summed E-state index contributed by atoms with van der Waals surface area (Å²) in [6.07, 6.45) is 0. The summed E-state index contributed by atoms with van der Waals surface area (Å²) in [6, 6.07) is 5.68. The molecule has 4 heteroatoms. The van der Waals surface area contributed by atoms with Crippen LogP contribution < -0.4 is 4.84 Å². The van der Waals surface area contributed by atoms with E-state index in [4.69, 9.17) is 4.84 Å². The van der Waals surface area contributed by atoms with E-state index in [1.165, 1.54) is 5.06 Å². The van der Waals surface area contributed by atoms with Crippen LogP contribution in [0.4, 0.5) is 0 Å². The SMILES string of the molecule is CC1C(=O)N(C)Oc2ccc(Br)cc21. The molecule has 0 saturated carbocycles. The molecule has 1 aliphatic heterocycles. The Morgan fingerprint density at radius 2 is 2.21 bits per heavy atom. The van der Waals surface area contributed by atoms with Gasteiger partial charge in [0.2, 0.25) is 0 Å². The first kappa shape index (κ1) is 9.52. The lowest BCUT2D eigenvalue weighted by Crippen LogP contribution is -2.37. The molecule has 0 spiro atoms. The number of amides is 1. The van der Waals surface area contributed by atoms with Crippen LogP contribution in [0.15, 0.2) is 22.7 Å². The molecule has 0 fully saturated rings. The molecule has 3 nitrogen and oxygen atoms in total. The van der Waals surface area contributed by atoms with E-state index >= 15 is 0 Å². The predicted molar refractivity (Wildman–Crippen MR) is 56.0 cm³/mol. The maximum absolute atomic E-state index is 11.6. The third kappa shape index (κ3) is 1.39. The van der Waals surface area contributed by atoms with Gasteiger partial charge in [-0.05, 0) is 25.1 Å². The van der Waals surface area contributed by atoms with Crippen LogP contribution >= 0.6 is 15.9 Å². The summed E-state index contributed by atoms with van der Waals surface area (Å²) in [4.78, 5) is 16.9. The Kier molecular flexibility index (Phi) is 2.23. The molecule has 1 amide bonds. The van der Waals surface area contributed by atoms with Crippen molar-refractivity contribution >= 4 is 21.8 Å². The van der Waals surface area contributed by atoms with Gasteiger partial charge in [-0.15, -0.1) is 0 Å². The van der Waals surface area contributed by atoms with Crippen LogP contribution in [0.5, 0.6) is 5.75 Å². The Labute approximate surface area is 90.7 Å². The minimum atomic E-state index is -0.138. The van der Waals surface area contributed by atoms with Gasteiger partial charge in [0, 0.05) is 17.1 Å². The quantitative estimate of drug-likeness (QED) is 0.712. The highest BCUT2D eigenvalue weighted by molar-refractivity contribution is 9.10. The molecule has 1 aromatic rings. The Bertz CT molecular complexity index is 392. The van der Waals surface area contributed by atoms with Gasteiger partial charge in [-0.1, -0.05) is 15.9 Å². The van der Waals surface area contributed by atoms with Crippen molar-refractivity contribution in [2.45, 2.75) is 12.8 Å². The van der Waals surface area contributed by atoms with Crippen molar-refractivity contribution in [2.75, 3.05) is 7.05 Å². The summed E-state index contributed by atoms with van der Waals surface area (Å²) in [7, 11) is 1.63. The molecule has 0 aromatic heterocycles. The molecule has 1 aliphatic rings. The van der Waals surface area contributed by atoms with Gasteiger partial charge in [0.05, 0.1) is 5.92 Å².